The van der Waals surface area contributed by atoms with E-state index in [4.69, 9.17) is 6.58 Å². The van der Waals surface area contributed by atoms with E-state index >= 15 is 0 Å². The van der Waals surface area contributed by atoms with E-state index in [1.54, 1.807) is 0 Å². The maximum Gasteiger partial charge on any atom is 0.165 e. The van der Waals surface area contributed by atoms with Gasteiger partial charge in [-0.1, -0.05) is 91.8 Å². The van der Waals surface area contributed by atoms with Crippen LogP contribution in [0, 0.1) is 39.9 Å². The van der Waals surface area contributed by atoms with Crippen molar-refractivity contribution >= 4 is 5.78 Å². The largest absolute Gasteiger partial charge is 0.294 e. The second-order valence-corrected chi connectivity index (χ2v) is 11.3. The van der Waals surface area contributed by atoms with Gasteiger partial charge in [0, 0.05) is 22.3 Å². The average molecular weight is 411 g/mol. The summed E-state index contributed by atoms with van der Waals surface area (Å²) < 4.78 is 0. The molecule has 1 nitrogen and oxygen atoms in total. The van der Waals surface area contributed by atoms with Crippen LogP contribution in [0.1, 0.15) is 88.5 Å². The van der Waals surface area contributed by atoms with E-state index in [9.17, 15) is 4.79 Å². The number of carbonyl (C=O) groups is 1. The third-order valence-electron chi connectivity index (χ3n) is 8.48. The van der Waals surface area contributed by atoms with Gasteiger partial charge >= 0.3 is 0 Å². The Labute approximate surface area is 186 Å². The Bertz CT molecular complexity index is 783. The van der Waals surface area contributed by atoms with Gasteiger partial charge in [0.25, 0.3) is 0 Å². The third kappa shape index (κ3) is 3.41. The first kappa shape index (κ1) is 24.9. The number of Topliss-reactive ketones (excluding diaryl/α,β-unsaturated/α-hetero) is 1. The molecule has 1 spiro atoms. The van der Waals surface area contributed by atoms with Gasteiger partial charge in [-0.05, 0) is 61.9 Å². The molecule has 2 fully saturated rings. The van der Waals surface area contributed by atoms with Crippen molar-refractivity contribution in [3.05, 3.63) is 47.6 Å². The monoisotopic (exact) mass is 410 g/mol. The van der Waals surface area contributed by atoms with Gasteiger partial charge < -0.3 is 0 Å². The van der Waals surface area contributed by atoms with Crippen LogP contribution >= 0.6 is 0 Å². The highest BCUT2D eigenvalue weighted by Gasteiger charge is 2.69. The molecular weight excluding hydrogens is 364 g/mol. The molecule has 0 amide bonds. The Morgan fingerprint density at radius 1 is 1.13 bits per heavy atom. The quantitative estimate of drug-likeness (QED) is 0.416. The molecule has 0 N–H and O–H groups in total. The summed E-state index contributed by atoms with van der Waals surface area (Å²) in [7, 11) is 0. The van der Waals surface area contributed by atoms with Crippen molar-refractivity contribution in [2.24, 2.45) is 39.9 Å². The number of rotatable bonds is 5. The summed E-state index contributed by atoms with van der Waals surface area (Å²) in [5, 5.41) is 0. The lowest BCUT2D eigenvalue weighted by atomic mass is 9.60. The Hall–Kier alpha value is -1.37. The molecule has 0 aromatic heterocycles. The second-order valence-electron chi connectivity index (χ2n) is 11.3. The highest BCUT2D eigenvalue weighted by Crippen LogP contribution is 2.77. The zero-order valence-electron chi connectivity index (χ0n) is 21.4. The van der Waals surface area contributed by atoms with Crippen molar-refractivity contribution in [3.63, 3.8) is 0 Å². The maximum atomic E-state index is 13.2. The number of hydrogen-bond donors (Lipinski definition) is 0. The highest BCUT2D eigenvalue weighted by molar-refractivity contribution is 6.02. The first-order valence-corrected chi connectivity index (χ1v) is 12.1. The standard InChI is InChI=1S/C27H40O.C2H6/c1-16(2)11-12-26-15-23-25(9,10)22(17(3)4)14-27(23,20(26)8)13-21(19(26)7)24(28)18(5)6;1-2/h11,13,17-18,22-23H,7-8,12,14-15H2,1-6,9-10H3;1-2H3/t22?,23?,26?,27-;/m1./s1. The van der Waals surface area contributed by atoms with Crippen molar-refractivity contribution in [1.82, 2.24) is 0 Å². The van der Waals surface area contributed by atoms with Gasteiger partial charge in [0.2, 0.25) is 0 Å². The summed E-state index contributed by atoms with van der Waals surface area (Å²) in [5.74, 6) is 2.07. The number of fused-ring (bicyclic) bond motifs is 1. The van der Waals surface area contributed by atoms with Crippen LogP contribution < -0.4 is 0 Å². The molecule has 0 aliphatic heterocycles. The molecule has 30 heavy (non-hydrogen) atoms. The highest BCUT2D eigenvalue weighted by atomic mass is 16.1. The first-order valence-electron chi connectivity index (χ1n) is 12.1. The Morgan fingerprint density at radius 3 is 2.17 bits per heavy atom. The van der Waals surface area contributed by atoms with Crippen LogP contribution in [0.25, 0.3) is 0 Å². The zero-order valence-corrected chi connectivity index (χ0v) is 21.4. The van der Waals surface area contributed by atoms with Crippen LogP contribution in [0.5, 0.6) is 0 Å². The molecule has 3 aliphatic carbocycles. The van der Waals surface area contributed by atoms with Crippen LogP contribution in [0.4, 0.5) is 0 Å². The third-order valence-corrected chi connectivity index (χ3v) is 8.48. The van der Waals surface area contributed by atoms with Crippen molar-refractivity contribution in [2.45, 2.75) is 88.5 Å². The first-order chi connectivity index (χ1) is 13.8. The molecule has 3 rings (SSSR count). The van der Waals surface area contributed by atoms with Gasteiger partial charge in [-0.25, -0.2) is 0 Å². The van der Waals surface area contributed by atoms with E-state index in [0.29, 0.717) is 17.8 Å². The van der Waals surface area contributed by atoms with Gasteiger partial charge in [0.15, 0.2) is 5.78 Å². The lowest BCUT2D eigenvalue weighted by Gasteiger charge is -2.43. The molecule has 168 valence electrons. The van der Waals surface area contributed by atoms with Crippen molar-refractivity contribution < 1.29 is 4.79 Å². The van der Waals surface area contributed by atoms with E-state index in [2.05, 4.69) is 60.3 Å². The molecule has 0 aromatic rings. The van der Waals surface area contributed by atoms with Crippen LogP contribution in [0.15, 0.2) is 47.6 Å². The molecule has 2 bridgehead atoms. The maximum absolute atomic E-state index is 13.2. The van der Waals surface area contributed by atoms with Crippen LogP contribution in [-0.4, -0.2) is 5.78 Å². The summed E-state index contributed by atoms with van der Waals surface area (Å²) >= 11 is 0. The van der Waals surface area contributed by atoms with Gasteiger partial charge in [0.1, 0.15) is 0 Å². The lowest BCUT2D eigenvalue weighted by Crippen LogP contribution is -2.34. The van der Waals surface area contributed by atoms with Crippen LogP contribution in [0.3, 0.4) is 0 Å². The Morgan fingerprint density at radius 2 is 1.70 bits per heavy atom. The fourth-order valence-corrected chi connectivity index (χ4v) is 6.88. The fourth-order valence-electron chi connectivity index (χ4n) is 6.88. The fraction of sp³-hybridized carbons (Fsp3) is 0.690. The zero-order chi connectivity index (χ0) is 23.2. The smallest absolute Gasteiger partial charge is 0.165 e. The van der Waals surface area contributed by atoms with E-state index in [1.807, 2.05) is 27.7 Å². The van der Waals surface area contributed by atoms with E-state index in [1.165, 1.54) is 11.1 Å². The lowest BCUT2D eigenvalue weighted by molar-refractivity contribution is -0.118. The topological polar surface area (TPSA) is 17.1 Å². The van der Waals surface area contributed by atoms with Gasteiger partial charge in [-0.15, -0.1) is 0 Å². The molecular formula is C29H46O. The number of ketones is 1. The molecule has 2 saturated carbocycles. The summed E-state index contributed by atoms with van der Waals surface area (Å²) in [6.07, 6.45) is 7.80. The number of carbonyl (C=O) groups excluding carboxylic acids is 1. The van der Waals surface area contributed by atoms with Crippen LogP contribution in [-0.2, 0) is 4.79 Å². The van der Waals surface area contributed by atoms with E-state index in [-0.39, 0.29) is 27.9 Å². The Kier molecular flexibility index (Phi) is 6.88. The molecule has 0 radical (unpaired) electrons. The molecule has 3 aliphatic rings. The average Bonchev–Trinajstić information content (AvgIpc) is 3.00. The summed E-state index contributed by atoms with van der Waals surface area (Å²) in [6, 6.07) is 0. The number of allylic oxidation sites excluding steroid dienone is 6. The molecule has 0 heterocycles. The Balaban J connectivity index is 0.00000155. The molecule has 4 atom stereocenters. The minimum absolute atomic E-state index is 0.000530. The minimum Gasteiger partial charge on any atom is -0.294 e. The second kappa shape index (κ2) is 8.29. The summed E-state index contributed by atoms with van der Waals surface area (Å²) in [4.78, 5) is 13.2. The molecule has 0 aromatic carbocycles. The SMILES string of the molecule is C=C1C(C(=O)C(C)C)=C[C@]23CC(C(C)C)C(C)(C)C2CC1(CC=C(C)C)C3=C.CC. The van der Waals surface area contributed by atoms with E-state index in [0.717, 1.165) is 30.4 Å². The molecule has 0 saturated heterocycles. The van der Waals surface area contributed by atoms with Crippen molar-refractivity contribution in [1.29, 1.82) is 0 Å². The van der Waals surface area contributed by atoms with Crippen molar-refractivity contribution in [2.75, 3.05) is 0 Å². The predicted molar refractivity (Wildman–Crippen MR) is 131 cm³/mol. The van der Waals surface area contributed by atoms with Gasteiger partial charge in [-0.2, -0.15) is 0 Å². The predicted octanol–water partition coefficient (Wildman–Crippen LogP) is 8.34. The van der Waals surface area contributed by atoms with Gasteiger partial charge in [-0.3, -0.25) is 4.79 Å². The normalized spacial score (nSPS) is 33.8. The van der Waals surface area contributed by atoms with Crippen LogP contribution in [0.2, 0.25) is 0 Å². The van der Waals surface area contributed by atoms with Crippen molar-refractivity contribution in [3.8, 4) is 0 Å². The molecule has 3 unspecified atom stereocenters. The summed E-state index contributed by atoms with van der Waals surface area (Å²) in [6.45, 7) is 31.2. The van der Waals surface area contributed by atoms with Gasteiger partial charge in [0.05, 0.1) is 0 Å². The number of hydrogen-bond acceptors (Lipinski definition) is 1. The summed E-state index contributed by atoms with van der Waals surface area (Å²) in [5.41, 5.74) is 4.63. The van der Waals surface area contributed by atoms with E-state index < -0.39 is 0 Å². The minimum atomic E-state index is -0.157. The molecule has 1 heteroatoms.